The first-order chi connectivity index (χ1) is 11.3. The molecular weight excluding hydrogens is 296 g/mol. The summed E-state index contributed by atoms with van der Waals surface area (Å²) >= 11 is 0. The lowest BCUT2D eigenvalue weighted by atomic mass is 10.3. The normalized spacial score (nSPS) is 16.9. The second-order valence-electron chi connectivity index (χ2n) is 5.15. The zero-order chi connectivity index (χ0) is 16.1. The molecule has 1 aliphatic rings. The number of methoxy groups -OCH3 is 1. The molecule has 0 aliphatic carbocycles. The van der Waals surface area contributed by atoms with Gasteiger partial charge in [0.25, 0.3) is 0 Å². The number of ether oxygens (including phenoxy) is 2. The van der Waals surface area contributed by atoms with Crippen LogP contribution in [0.25, 0.3) is 0 Å². The van der Waals surface area contributed by atoms with Crippen molar-refractivity contribution < 1.29 is 14.3 Å². The van der Waals surface area contributed by atoms with Crippen molar-refractivity contribution in [3.63, 3.8) is 0 Å². The van der Waals surface area contributed by atoms with Gasteiger partial charge in [-0.25, -0.2) is 9.78 Å². The molecule has 1 unspecified atom stereocenters. The third-order valence-corrected chi connectivity index (χ3v) is 3.61. The highest BCUT2D eigenvalue weighted by atomic mass is 16.5. The summed E-state index contributed by atoms with van der Waals surface area (Å²) in [6.45, 7) is 1.14. The Kier molecular flexibility index (Phi) is 4.56. The molecule has 2 amide bonds. The maximum absolute atomic E-state index is 12.4. The molecule has 0 bridgehead atoms. The van der Waals surface area contributed by atoms with Crippen LogP contribution in [-0.2, 0) is 0 Å². The second kappa shape index (κ2) is 6.95. The molecule has 0 saturated carbocycles. The van der Waals surface area contributed by atoms with Crippen LogP contribution in [0, 0.1) is 0 Å². The number of benzene rings is 1. The number of hydrogen-bond acceptors (Lipinski definition) is 5. The molecule has 2 aromatic rings. The summed E-state index contributed by atoms with van der Waals surface area (Å²) in [6, 6.07) is 7.15. The molecule has 1 fully saturated rings. The number of nitrogens with one attached hydrogen (secondary N) is 1. The molecular formula is C16H18N4O3. The molecule has 2 heterocycles. The Morgan fingerprint density at radius 3 is 3.00 bits per heavy atom. The van der Waals surface area contributed by atoms with Gasteiger partial charge >= 0.3 is 6.03 Å². The summed E-state index contributed by atoms with van der Waals surface area (Å²) < 4.78 is 11.0. The first-order valence-corrected chi connectivity index (χ1v) is 7.38. The van der Waals surface area contributed by atoms with Gasteiger partial charge in [0, 0.05) is 25.4 Å². The van der Waals surface area contributed by atoms with Crippen molar-refractivity contribution in [2.45, 2.75) is 12.5 Å². The quantitative estimate of drug-likeness (QED) is 0.936. The summed E-state index contributed by atoms with van der Waals surface area (Å²) in [5, 5.41) is 2.87. The van der Waals surface area contributed by atoms with Crippen molar-refractivity contribution in [1.29, 1.82) is 0 Å². The molecule has 3 rings (SSSR count). The number of carbonyl (C=O) groups is 1. The summed E-state index contributed by atoms with van der Waals surface area (Å²) in [5.74, 6) is 1.11. The number of carbonyl (C=O) groups excluding carboxylic acids is 1. The zero-order valence-electron chi connectivity index (χ0n) is 12.8. The van der Waals surface area contributed by atoms with E-state index < -0.39 is 0 Å². The Hall–Kier alpha value is -2.83. The summed E-state index contributed by atoms with van der Waals surface area (Å²) in [4.78, 5) is 22.1. The third-order valence-electron chi connectivity index (χ3n) is 3.61. The Balaban J connectivity index is 1.57. The van der Waals surface area contributed by atoms with Crippen molar-refractivity contribution in [2.24, 2.45) is 0 Å². The number of anilines is 1. The van der Waals surface area contributed by atoms with Gasteiger partial charge in [-0.1, -0.05) is 12.1 Å². The number of hydrogen-bond donors (Lipinski definition) is 1. The minimum atomic E-state index is -0.167. The minimum absolute atomic E-state index is 0.0740. The Labute approximate surface area is 134 Å². The molecule has 1 N–H and O–H groups in total. The maximum Gasteiger partial charge on any atom is 0.322 e. The van der Waals surface area contributed by atoms with Gasteiger partial charge in [-0.2, -0.15) is 0 Å². The fourth-order valence-electron chi connectivity index (χ4n) is 2.47. The standard InChI is InChI=1S/C16H18N4O3/c1-22-14-5-3-2-4-13(14)19-16(21)20-9-6-12(11-20)23-15-10-17-7-8-18-15/h2-5,7-8,10,12H,6,9,11H2,1H3,(H,19,21). The molecule has 23 heavy (non-hydrogen) atoms. The fourth-order valence-corrected chi connectivity index (χ4v) is 2.47. The predicted octanol–water partition coefficient (Wildman–Crippen LogP) is 2.17. The van der Waals surface area contributed by atoms with Crippen molar-refractivity contribution in [1.82, 2.24) is 14.9 Å². The Morgan fingerprint density at radius 1 is 1.35 bits per heavy atom. The van der Waals surface area contributed by atoms with E-state index in [1.165, 1.54) is 0 Å². The first-order valence-electron chi connectivity index (χ1n) is 7.38. The van der Waals surface area contributed by atoms with E-state index in [1.54, 1.807) is 42.7 Å². The molecule has 7 nitrogen and oxygen atoms in total. The number of amides is 2. The average Bonchev–Trinajstić information content (AvgIpc) is 3.05. The molecule has 1 saturated heterocycles. The van der Waals surface area contributed by atoms with Crippen LogP contribution in [0.15, 0.2) is 42.9 Å². The summed E-state index contributed by atoms with van der Waals surface area (Å²) in [5.41, 5.74) is 0.651. The van der Waals surface area contributed by atoms with Crippen LogP contribution in [0.2, 0.25) is 0 Å². The fraction of sp³-hybridized carbons (Fsp3) is 0.312. The van der Waals surface area contributed by atoms with Crippen molar-refractivity contribution in [3.05, 3.63) is 42.9 Å². The average molecular weight is 314 g/mol. The smallest absolute Gasteiger partial charge is 0.322 e. The van der Waals surface area contributed by atoms with E-state index >= 15 is 0 Å². The van der Waals surface area contributed by atoms with Gasteiger partial charge in [-0.05, 0) is 12.1 Å². The van der Waals surface area contributed by atoms with Crippen molar-refractivity contribution in [3.8, 4) is 11.6 Å². The van der Waals surface area contributed by atoms with Crippen LogP contribution >= 0.6 is 0 Å². The largest absolute Gasteiger partial charge is 0.495 e. The van der Waals surface area contributed by atoms with E-state index in [0.29, 0.717) is 30.4 Å². The van der Waals surface area contributed by atoms with Crippen LogP contribution in [0.4, 0.5) is 10.5 Å². The summed E-state index contributed by atoms with van der Waals surface area (Å²) in [6.07, 6.45) is 5.42. The Morgan fingerprint density at radius 2 is 2.22 bits per heavy atom. The van der Waals surface area contributed by atoms with Gasteiger partial charge < -0.3 is 19.7 Å². The lowest BCUT2D eigenvalue weighted by Crippen LogP contribution is -2.34. The maximum atomic E-state index is 12.4. The molecule has 120 valence electrons. The molecule has 1 aliphatic heterocycles. The number of likely N-dealkylation sites (tertiary alicyclic amines) is 1. The van der Waals surface area contributed by atoms with Crippen LogP contribution in [-0.4, -0.2) is 47.2 Å². The number of rotatable bonds is 4. The predicted molar refractivity (Wildman–Crippen MR) is 84.7 cm³/mol. The molecule has 7 heteroatoms. The van der Waals surface area contributed by atoms with Crippen molar-refractivity contribution >= 4 is 11.7 Å². The van der Waals surface area contributed by atoms with Crippen LogP contribution in [0.3, 0.4) is 0 Å². The van der Waals surface area contributed by atoms with Gasteiger partial charge in [0.2, 0.25) is 5.88 Å². The Bertz CT molecular complexity index is 665. The van der Waals surface area contributed by atoms with Crippen LogP contribution in [0.1, 0.15) is 6.42 Å². The lowest BCUT2D eigenvalue weighted by Gasteiger charge is -2.18. The lowest BCUT2D eigenvalue weighted by molar-refractivity contribution is 0.189. The van der Waals surface area contributed by atoms with Crippen LogP contribution in [0.5, 0.6) is 11.6 Å². The third kappa shape index (κ3) is 3.68. The van der Waals surface area contributed by atoms with E-state index in [-0.39, 0.29) is 12.1 Å². The minimum Gasteiger partial charge on any atom is -0.495 e. The van der Waals surface area contributed by atoms with Gasteiger partial charge in [0.15, 0.2) is 0 Å². The van der Waals surface area contributed by atoms with E-state index in [2.05, 4.69) is 15.3 Å². The molecule has 1 aromatic heterocycles. The van der Waals surface area contributed by atoms with E-state index in [0.717, 1.165) is 6.42 Å². The monoisotopic (exact) mass is 314 g/mol. The highest BCUT2D eigenvalue weighted by Gasteiger charge is 2.28. The number of urea groups is 1. The number of para-hydroxylation sites is 2. The van der Waals surface area contributed by atoms with Crippen LogP contribution < -0.4 is 14.8 Å². The summed E-state index contributed by atoms with van der Waals surface area (Å²) in [7, 11) is 1.58. The van der Waals surface area contributed by atoms with Gasteiger partial charge in [-0.15, -0.1) is 0 Å². The SMILES string of the molecule is COc1ccccc1NC(=O)N1CCC(Oc2cnccn2)C1. The molecule has 1 atom stereocenters. The van der Waals surface area contributed by atoms with Gasteiger partial charge in [-0.3, -0.25) is 4.98 Å². The first kappa shape index (κ1) is 15.1. The van der Waals surface area contributed by atoms with E-state index in [9.17, 15) is 4.79 Å². The highest BCUT2D eigenvalue weighted by Crippen LogP contribution is 2.24. The topological polar surface area (TPSA) is 76.6 Å². The number of aromatic nitrogens is 2. The molecule has 0 spiro atoms. The number of nitrogens with zero attached hydrogens (tertiary/aromatic N) is 3. The highest BCUT2D eigenvalue weighted by molar-refractivity contribution is 5.91. The zero-order valence-corrected chi connectivity index (χ0v) is 12.8. The van der Waals surface area contributed by atoms with Gasteiger partial charge in [0.05, 0.1) is 25.5 Å². The molecule has 0 radical (unpaired) electrons. The van der Waals surface area contributed by atoms with Gasteiger partial charge in [0.1, 0.15) is 11.9 Å². The second-order valence-corrected chi connectivity index (χ2v) is 5.15. The van der Waals surface area contributed by atoms with E-state index in [4.69, 9.17) is 9.47 Å². The van der Waals surface area contributed by atoms with Crippen molar-refractivity contribution in [2.75, 3.05) is 25.5 Å². The van der Waals surface area contributed by atoms with E-state index in [1.807, 2.05) is 12.1 Å². The molecule has 1 aromatic carbocycles.